The Kier molecular flexibility index (Phi) is 4.34. The van der Waals surface area contributed by atoms with Crippen molar-refractivity contribution in [3.05, 3.63) is 65.7 Å². The smallest absolute Gasteiger partial charge is 0.164 e. The second kappa shape index (κ2) is 6.38. The number of rotatable bonds is 4. The number of nitrogens with zero attached hydrogens (tertiary/aromatic N) is 2. The van der Waals surface area contributed by atoms with Gasteiger partial charge in [0.05, 0.1) is 23.7 Å². The van der Waals surface area contributed by atoms with E-state index in [4.69, 9.17) is 10.5 Å². The van der Waals surface area contributed by atoms with E-state index < -0.39 is 12.1 Å². The maximum atomic E-state index is 9.87. The minimum Gasteiger partial charge on any atom is -0.376 e. The van der Waals surface area contributed by atoms with Gasteiger partial charge in [0.15, 0.2) is 6.10 Å². The van der Waals surface area contributed by atoms with Crippen molar-refractivity contribution in [1.29, 1.82) is 10.5 Å². The topological polar surface area (TPSA) is 79.8 Å². The third-order valence-corrected chi connectivity index (χ3v) is 2.94. The molecule has 4 heteroatoms. The number of nitrogens with one attached hydrogen (secondary N) is 1. The largest absolute Gasteiger partial charge is 0.376 e. The fraction of sp³-hybridized carbons (Fsp3) is 0.125. The number of hydrogen-bond acceptors (Lipinski definition) is 4. The molecule has 2 rings (SSSR count). The monoisotopic (exact) mass is 263 g/mol. The molecule has 0 radical (unpaired) electrons. The normalized spacial score (nSPS) is 12.8. The van der Waals surface area contributed by atoms with Gasteiger partial charge in [-0.1, -0.05) is 30.3 Å². The van der Waals surface area contributed by atoms with Gasteiger partial charge in [0.25, 0.3) is 0 Å². The van der Waals surface area contributed by atoms with Crippen molar-refractivity contribution in [2.75, 3.05) is 5.32 Å². The molecule has 20 heavy (non-hydrogen) atoms. The Morgan fingerprint density at radius 1 is 0.950 bits per heavy atom. The summed E-state index contributed by atoms with van der Waals surface area (Å²) in [5.41, 5.74) is 2.11. The van der Waals surface area contributed by atoms with Crippen LogP contribution in [0.4, 0.5) is 5.69 Å². The first-order chi connectivity index (χ1) is 9.74. The first kappa shape index (κ1) is 13.6. The van der Waals surface area contributed by atoms with E-state index in [9.17, 15) is 5.11 Å². The van der Waals surface area contributed by atoms with Crippen molar-refractivity contribution in [1.82, 2.24) is 0 Å². The van der Waals surface area contributed by atoms with Crippen LogP contribution in [0.3, 0.4) is 0 Å². The van der Waals surface area contributed by atoms with E-state index in [2.05, 4.69) is 5.32 Å². The van der Waals surface area contributed by atoms with Gasteiger partial charge in [-0.25, -0.2) is 0 Å². The molecule has 0 heterocycles. The summed E-state index contributed by atoms with van der Waals surface area (Å²) < 4.78 is 0. The maximum Gasteiger partial charge on any atom is 0.164 e. The average Bonchev–Trinajstić information content (AvgIpc) is 2.53. The zero-order valence-electron chi connectivity index (χ0n) is 10.7. The molecule has 0 saturated heterocycles. The molecule has 0 bridgehead atoms. The van der Waals surface area contributed by atoms with Gasteiger partial charge in [0.1, 0.15) is 0 Å². The highest BCUT2D eigenvalue weighted by molar-refractivity contribution is 5.46. The Balaban J connectivity index is 2.28. The van der Waals surface area contributed by atoms with Crippen LogP contribution in [-0.4, -0.2) is 11.2 Å². The van der Waals surface area contributed by atoms with E-state index in [1.807, 2.05) is 42.5 Å². The van der Waals surface area contributed by atoms with Crippen LogP contribution >= 0.6 is 0 Å². The van der Waals surface area contributed by atoms with Gasteiger partial charge in [-0.2, -0.15) is 10.5 Å². The molecule has 0 amide bonds. The van der Waals surface area contributed by atoms with Crippen LogP contribution < -0.4 is 5.32 Å². The minimum atomic E-state index is -1.18. The molecule has 0 aliphatic carbocycles. The second-order valence-corrected chi connectivity index (χ2v) is 4.30. The number of benzene rings is 2. The van der Waals surface area contributed by atoms with Crippen LogP contribution in [0.2, 0.25) is 0 Å². The van der Waals surface area contributed by atoms with Crippen LogP contribution in [0.5, 0.6) is 0 Å². The number of para-hydroxylation sites is 1. The van der Waals surface area contributed by atoms with E-state index in [-0.39, 0.29) is 0 Å². The number of aliphatic hydroxyl groups is 1. The molecule has 2 N–H and O–H groups in total. The predicted molar refractivity (Wildman–Crippen MR) is 75.6 cm³/mol. The van der Waals surface area contributed by atoms with Crippen molar-refractivity contribution >= 4 is 5.69 Å². The first-order valence-corrected chi connectivity index (χ1v) is 6.14. The molecule has 4 nitrogen and oxygen atoms in total. The summed E-state index contributed by atoms with van der Waals surface area (Å²) in [4.78, 5) is 0. The fourth-order valence-electron chi connectivity index (χ4n) is 1.90. The molecule has 98 valence electrons. The predicted octanol–water partition coefficient (Wildman–Crippen LogP) is 2.60. The third-order valence-electron chi connectivity index (χ3n) is 2.94. The van der Waals surface area contributed by atoms with E-state index in [0.717, 1.165) is 11.3 Å². The number of hydrogen-bond donors (Lipinski definition) is 2. The number of nitriles is 2. The van der Waals surface area contributed by atoms with E-state index in [0.29, 0.717) is 5.56 Å². The average molecular weight is 263 g/mol. The van der Waals surface area contributed by atoms with Crippen LogP contribution in [0.25, 0.3) is 0 Å². The molecule has 0 spiro atoms. The molecule has 0 fully saturated rings. The van der Waals surface area contributed by atoms with Gasteiger partial charge in [0, 0.05) is 5.69 Å². The Morgan fingerprint density at radius 2 is 1.60 bits per heavy atom. The molecule has 2 aromatic rings. The van der Waals surface area contributed by atoms with Crippen LogP contribution in [0.15, 0.2) is 54.6 Å². The van der Waals surface area contributed by atoms with Crippen molar-refractivity contribution in [3.63, 3.8) is 0 Å². The lowest BCUT2D eigenvalue weighted by atomic mass is 10.0. The summed E-state index contributed by atoms with van der Waals surface area (Å²) in [6, 6.07) is 19.5. The minimum absolute atomic E-state index is 0.540. The highest BCUT2D eigenvalue weighted by Gasteiger charge is 2.20. The van der Waals surface area contributed by atoms with Gasteiger partial charge in [-0.05, 0) is 29.8 Å². The summed E-state index contributed by atoms with van der Waals surface area (Å²) in [5.74, 6) is 0. The lowest BCUT2D eigenvalue weighted by Crippen LogP contribution is -2.24. The van der Waals surface area contributed by atoms with Crippen molar-refractivity contribution in [2.24, 2.45) is 0 Å². The summed E-state index contributed by atoms with van der Waals surface area (Å²) >= 11 is 0. The first-order valence-electron chi connectivity index (χ1n) is 6.14. The maximum absolute atomic E-state index is 9.87. The SMILES string of the molecule is N#Cc1ccc([C@H](Nc2ccccc2)[C@H](O)C#N)cc1. The highest BCUT2D eigenvalue weighted by atomic mass is 16.3. The van der Waals surface area contributed by atoms with Crippen molar-refractivity contribution < 1.29 is 5.11 Å². The number of aliphatic hydroxyl groups excluding tert-OH is 1. The summed E-state index contributed by atoms with van der Waals surface area (Å²) in [5, 5.41) is 30.7. The fourth-order valence-corrected chi connectivity index (χ4v) is 1.90. The Hall–Kier alpha value is -2.82. The molecule has 0 aliphatic heterocycles. The Bertz CT molecular complexity index is 638. The molecule has 2 atom stereocenters. The summed E-state index contributed by atoms with van der Waals surface area (Å²) in [6.45, 7) is 0. The van der Waals surface area contributed by atoms with E-state index in [1.165, 1.54) is 0 Å². The lowest BCUT2D eigenvalue weighted by molar-refractivity contribution is 0.207. The van der Waals surface area contributed by atoms with Crippen LogP contribution in [0.1, 0.15) is 17.2 Å². The van der Waals surface area contributed by atoms with Crippen LogP contribution in [0, 0.1) is 22.7 Å². The Morgan fingerprint density at radius 3 is 2.15 bits per heavy atom. The third kappa shape index (κ3) is 3.14. The lowest BCUT2D eigenvalue weighted by Gasteiger charge is -2.21. The summed E-state index contributed by atoms with van der Waals surface area (Å²) in [7, 11) is 0. The molecule has 2 aromatic carbocycles. The zero-order valence-corrected chi connectivity index (χ0v) is 10.7. The molecular weight excluding hydrogens is 250 g/mol. The highest BCUT2D eigenvalue weighted by Crippen LogP contribution is 2.23. The molecule has 0 saturated carbocycles. The second-order valence-electron chi connectivity index (χ2n) is 4.30. The van der Waals surface area contributed by atoms with Gasteiger partial charge in [-0.15, -0.1) is 0 Å². The van der Waals surface area contributed by atoms with Crippen molar-refractivity contribution in [3.8, 4) is 12.1 Å². The summed E-state index contributed by atoms with van der Waals surface area (Å²) in [6.07, 6.45) is -1.18. The van der Waals surface area contributed by atoms with Gasteiger partial charge in [-0.3, -0.25) is 0 Å². The molecule has 0 aliphatic rings. The Labute approximate surface area is 117 Å². The van der Waals surface area contributed by atoms with E-state index >= 15 is 0 Å². The standard InChI is InChI=1S/C16H13N3O/c17-10-12-6-8-13(9-7-12)16(15(20)11-18)19-14-4-2-1-3-5-14/h1-9,15-16,19-20H/t15-,16+/m1/s1. The molecule has 0 unspecified atom stereocenters. The van der Waals surface area contributed by atoms with Gasteiger partial charge in [0.2, 0.25) is 0 Å². The molecular formula is C16H13N3O. The van der Waals surface area contributed by atoms with Crippen molar-refractivity contribution in [2.45, 2.75) is 12.1 Å². The van der Waals surface area contributed by atoms with Gasteiger partial charge < -0.3 is 10.4 Å². The quantitative estimate of drug-likeness (QED) is 0.831. The van der Waals surface area contributed by atoms with E-state index in [1.54, 1.807) is 24.3 Å². The number of anilines is 1. The van der Waals surface area contributed by atoms with Gasteiger partial charge >= 0.3 is 0 Å². The zero-order chi connectivity index (χ0) is 14.4. The molecule has 0 aromatic heterocycles. The van der Waals surface area contributed by atoms with Crippen LogP contribution in [-0.2, 0) is 0 Å².